The van der Waals surface area contributed by atoms with Crippen LogP contribution in [0.4, 0.5) is 0 Å². The molecule has 0 spiro atoms. The van der Waals surface area contributed by atoms with Crippen molar-refractivity contribution in [3.05, 3.63) is 36.5 Å². The largest absolute Gasteiger partial charge is 0.475 e. The molecule has 1 aromatic carbocycles. The van der Waals surface area contributed by atoms with Crippen LogP contribution in [0, 0.1) is 0 Å². The second-order valence-electron chi connectivity index (χ2n) is 6.23. The summed E-state index contributed by atoms with van der Waals surface area (Å²) in [5.74, 6) is 0.340. The first-order valence-electron chi connectivity index (χ1n) is 8.56. The summed E-state index contributed by atoms with van der Waals surface area (Å²) >= 11 is 0. The molecule has 150 valence electrons. The first kappa shape index (κ1) is 20.2. The number of aromatic nitrogens is 4. The van der Waals surface area contributed by atoms with Crippen LogP contribution in [0.15, 0.2) is 41.7 Å². The fourth-order valence-electron chi connectivity index (χ4n) is 2.57. The van der Waals surface area contributed by atoms with E-state index in [1.165, 1.54) is 10.9 Å². The molecule has 0 radical (unpaired) electrons. The van der Waals surface area contributed by atoms with Crippen LogP contribution in [0.1, 0.15) is 13.3 Å². The van der Waals surface area contributed by atoms with Gasteiger partial charge < -0.3 is 4.74 Å². The summed E-state index contributed by atoms with van der Waals surface area (Å²) in [5.41, 5.74) is 0.648. The molecule has 0 aliphatic heterocycles. The Balaban J connectivity index is 2.02. The van der Waals surface area contributed by atoms with Gasteiger partial charge in [0.1, 0.15) is 6.61 Å². The molecule has 0 fully saturated rings. The molecule has 0 bridgehead atoms. The van der Waals surface area contributed by atoms with Crippen molar-refractivity contribution in [3.63, 3.8) is 0 Å². The van der Waals surface area contributed by atoms with Crippen molar-refractivity contribution in [3.8, 4) is 11.7 Å². The zero-order valence-electron chi connectivity index (χ0n) is 15.4. The molecule has 0 saturated heterocycles. The highest BCUT2D eigenvalue weighted by molar-refractivity contribution is 7.91. The number of nitrogens with zero attached hydrogens (tertiary/aromatic N) is 4. The summed E-state index contributed by atoms with van der Waals surface area (Å²) in [6.45, 7) is 1.72. The second-order valence-corrected chi connectivity index (χ2v) is 10.5. The summed E-state index contributed by atoms with van der Waals surface area (Å²) in [6.07, 6.45) is 2.96. The molecule has 0 N–H and O–H groups in total. The number of rotatable bonds is 8. The molecule has 0 unspecified atom stereocenters. The van der Waals surface area contributed by atoms with Gasteiger partial charge in [-0.1, -0.05) is 19.1 Å². The van der Waals surface area contributed by atoms with Crippen molar-refractivity contribution in [1.29, 1.82) is 0 Å². The number of para-hydroxylation sites is 1. The summed E-state index contributed by atoms with van der Waals surface area (Å²) < 4.78 is 54.2. The number of sulfone groups is 2. The van der Waals surface area contributed by atoms with Gasteiger partial charge in [0.25, 0.3) is 0 Å². The molecule has 3 rings (SSSR count). The van der Waals surface area contributed by atoms with E-state index in [9.17, 15) is 16.8 Å². The van der Waals surface area contributed by atoms with Gasteiger partial charge in [0.15, 0.2) is 15.7 Å². The van der Waals surface area contributed by atoms with Crippen molar-refractivity contribution < 1.29 is 21.6 Å². The molecule has 0 amide bonds. The maximum Gasteiger partial charge on any atom is 0.249 e. The molecular weight excluding hydrogens is 404 g/mol. The molecule has 9 nitrogen and oxygen atoms in total. The van der Waals surface area contributed by atoms with Crippen LogP contribution in [0.2, 0.25) is 0 Å². The molecule has 2 heterocycles. The Labute approximate surface area is 163 Å². The van der Waals surface area contributed by atoms with Crippen LogP contribution in [0.5, 0.6) is 5.88 Å². The Kier molecular flexibility index (Phi) is 5.66. The van der Waals surface area contributed by atoms with Gasteiger partial charge >= 0.3 is 0 Å². The smallest absolute Gasteiger partial charge is 0.249 e. The monoisotopic (exact) mass is 424 g/mol. The minimum absolute atomic E-state index is 0.0419. The second kappa shape index (κ2) is 7.84. The van der Waals surface area contributed by atoms with Crippen molar-refractivity contribution in [2.24, 2.45) is 0 Å². The zero-order chi connectivity index (χ0) is 20.4. The van der Waals surface area contributed by atoms with Crippen LogP contribution in [-0.4, -0.2) is 61.0 Å². The third kappa shape index (κ3) is 4.47. The Morgan fingerprint density at radius 2 is 1.82 bits per heavy atom. The zero-order valence-corrected chi connectivity index (χ0v) is 17.1. The first-order valence-corrected chi connectivity index (χ1v) is 12.3. The Morgan fingerprint density at radius 1 is 1.07 bits per heavy atom. The van der Waals surface area contributed by atoms with Gasteiger partial charge in [-0.15, -0.1) is 5.10 Å². The molecular formula is C17H20N4O5S2. The summed E-state index contributed by atoms with van der Waals surface area (Å²) in [7, 11) is -6.75. The van der Waals surface area contributed by atoms with Gasteiger partial charge in [-0.2, -0.15) is 4.98 Å². The number of fused-ring (bicyclic) bond motifs is 1. The summed E-state index contributed by atoms with van der Waals surface area (Å²) in [5, 5.41) is 4.76. The summed E-state index contributed by atoms with van der Waals surface area (Å²) in [6, 6.07) is 8.72. The SMILES string of the molecule is CCCS(=O)(=O)c1nccc(-n2nc(OCCS(C)(=O)=O)c3ccccc32)n1. The van der Waals surface area contributed by atoms with Gasteiger partial charge in [-0.25, -0.2) is 26.5 Å². The number of hydrogen-bond donors (Lipinski definition) is 0. The molecule has 0 saturated carbocycles. The number of hydrogen-bond acceptors (Lipinski definition) is 8. The standard InChI is InChI=1S/C17H20N4O5S2/c1-3-11-28(24,25)17-18-9-8-15(19-17)21-14-7-5-4-6-13(14)16(20-21)26-10-12-27(2,22)23/h4-9H,3,10-12H2,1-2H3. The van der Waals surface area contributed by atoms with E-state index in [2.05, 4.69) is 15.1 Å². The molecule has 0 atom stereocenters. The number of benzene rings is 1. The van der Waals surface area contributed by atoms with Crippen LogP contribution < -0.4 is 4.74 Å². The van der Waals surface area contributed by atoms with E-state index >= 15 is 0 Å². The average Bonchev–Trinajstić information content (AvgIpc) is 3.00. The van der Waals surface area contributed by atoms with Gasteiger partial charge in [0.2, 0.25) is 20.9 Å². The maximum atomic E-state index is 12.3. The third-order valence-corrected chi connectivity index (χ3v) is 6.44. The Bertz CT molecular complexity index is 1200. The maximum absolute atomic E-state index is 12.3. The molecule has 11 heteroatoms. The Morgan fingerprint density at radius 3 is 2.54 bits per heavy atom. The molecule has 2 aromatic heterocycles. The van der Waals surface area contributed by atoms with E-state index in [0.717, 1.165) is 6.26 Å². The van der Waals surface area contributed by atoms with Crippen molar-refractivity contribution in [2.45, 2.75) is 18.5 Å². The molecule has 0 aliphatic rings. The molecule has 3 aromatic rings. The van der Waals surface area contributed by atoms with Crippen molar-refractivity contribution >= 4 is 30.6 Å². The predicted molar refractivity (Wildman–Crippen MR) is 104 cm³/mol. The van der Waals surface area contributed by atoms with E-state index in [4.69, 9.17) is 4.74 Å². The lowest BCUT2D eigenvalue weighted by atomic mass is 10.2. The highest BCUT2D eigenvalue weighted by Crippen LogP contribution is 2.27. The fourth-order valence-corrected chi connectivity index (χ4v) is 4.13. The lowest BCUT2D eigenvalue weighted by Gasteiger charge is -2.05. The van der Waals surface area contributed by atoms with Crippen LogP contribution in [0.3, 0.4) is 0 Å². The van der Waals surface area contributed by atoms with Crippen LogP contribution in [0.25, 0.3) is 16.7 Å². The normalized spacial score (nSPS) is 12.4. The topological polar surface area (TPSA) is 121 Å². The third-order valence-electron chi connectivity index (χ3n) is 3.83. The van der Waals surface area contributed by atoms with E-state index in [-0.39, 0.29) is 35.0 Å². The number of ether oxygens (including phenoxy) is 1. The lowest BCUT2D eigenvalue weighted by Crippen LogP contribution is -2.13. The highest BCUT2D eigenvalue weighted by Gasteiger charge is 2.19. The van der Waals surface area contributed by atoms with Gasteiger partial charge in [0.05, 0.1) is 22.4 Å². The Hall–Kier alpha value is -2.53. The van der Waals surface area contributed by atoms with Crippen molar-refractivity contribution in [2.75, 3.05) is 24.4 Å². The average molecular weight is 425 g/mol. The van der Waals surface area contributed by atoms with Crippen LogP contribution in [-0.2, 0) is 19.7 Å². The minimum atomic E-state index is -3.58. The predicted octanol–water partition coefficient (Wildman–Crippen LogP) is 1.42. The van der Waals surface area contributed by atoms with Crippen LogP contribution >= 0.6 is 0 Å². The van der Waals surface area contributed by atoms with E-state index in [0.29, 0.717) is 17.3 Å². The van der Waals surface area contributed by atoms with Gasteiger partial charge in [-0.05, 0) is 18.6 Å². The van der Waals surface area contributed by atoms with Gasteiger partial charge in [0, 0.05) is 18.5 Å². The first-order chi connectivity index (χ1) is 13.2. The lowest BCUT2D eigenvalue weighted by molar-refractivity contribution is 0.328. The van der Waals surface area contributed by atoms with E-state index in [1.54, 1.807) is 37.3 Å². The van der Waals surface area contributed by atoms with E-state index in [1.807, 2.05) is 0 Å². The highest BCUT2D eigenvalue weighted by atomic mass is 32.2. The fraction of sp³-hybridized carbons (Fsp3) is 0.353. The molecule has 0 aliphatic carbocycles. The quantitative estimate of drug-likeness (QED) is 0.498. The molecule has 28 heavy (non-hydrogen) atoms. The van der Waals surface area contributed by atoms with Crippen molar-refractivity contribution in [1.82, 2.24) is 19.7 Å². The summed E-state index contributed by atoms with van der Waals surface area (Å²) in [4.78, 5) is 8.05. The van der Waals surface area contributed by atoms with Gasteiger partial charge in [-0.3, -0.25) is 0 Å². The van der Waals surface area contributed by atoms with E-state index < -0.39 is 19.7 Å². The minimum Gasteiger partial charge on any atom is -0.475 e.